The van der Waals surface area contributed by atoms with Crippen LogP contribution in [0, 0.1) is 0 Å². The molecule has 0 radical (unpaired) electrons. The van der Waals surface area contributed by atoms with Gasteiger partial charge in [0.2, 0.25) is 11.8 Å². The first-order valence-electron chi connectivity index (χ1n) is 7.35. The summed E-state index contributed by atoms with van der Waals surface area (Å²) in [7, 11) is 0. The Morgan fingerprint density at radius 1 is 1.40 bits per heavy atom. The molecule has 3 N–H and O–H groups in total. The maximum atomic E-state index is 12.0. The molecule has 1 heterocycles. The number of hydrogen-bond acceptors (Lipinski definition) is 3. The maximum Gasteiger partial charge on any atom is 0.222 e. The van der Waals surface area contributed by atoms with Crippen LogP contribution in [0.5, 0.6) is 0 Å². The highest BCUT2D eigenvalue weighted by molar-refractivity contribution is 5.85. The first-order chi connectivity index (χ1) is 9.02. The molecule has 0 saturated carbocycles. The predicted octanol–water partition coefficient (Wildman–Crippen LogP) is 1.44. The second-order valence-electron chi connectivity index (χ2n) is 5.51. The monoisotopic (exact) mass is 305 g/mol. The van der Waals surface area contributed by atoms with Gasteiger partial charge >= 0.3 is 0 Å². The summed E-state index contributed by atoms with van der Waals surface area (Å²) in [6.45, 7) is 5.35. The molecule has 2 unspecified atom stereocenters. The van der Waals surface area contributed by atoms with E-state index in [1.807, 2.05) is 18.7 Å². The number of nitrogens with zero attached hydrogens (tertiary/aromatic N) is 1. The van der Waals surface area contributed by atoms with Crippen LogP contribution >= 0.6 is 12.4 Å². The van der Waals surface area contributed by atoms with Crippen molar-refractivity contribution in [1.82, 2.24) is 10.2 Å². The largest absolute Gasteiger partial charge is 0.352 e. The van der Waals surface area contributed by atoms with Crippen molar-refractivity contribution >= 4 is 24.2 Å². The molecule has 20 heavy (non-hydrogen) atoms. The molecule has 0 aromatic rings. The van der Waals surface area contributed by atoms with Gasteiger partial charge < -0.3 is 16.0 Å². The van der Waals surface area contributed by atoms with Crippen LogP contribution in [0.4, 0.5) is 0 Å². The van der Waals surface area contributed by atoms with Crippen molar-refractivity contribution in [3.8, 4) is 0 Å². The summed E-state index contributed by atoms with van der Waals surface area (Å²) in [5.74, 6) is 0.254. The van der Waals surface area contributed by atoms with Crippen molar-refractivity contribution in [2.24, 2.45) is 5.73 Å². The molecule has 0 spiro atoms. The molecule has 1 aliphatic rings. The zero-order valence-corrected chi connectivity index (χ0v) is 13.4. The first-order valence-corrected chi connectivity index (χ1v) is 7.35. The number of piperidine rings is 1. The van der Waals surface area contributed by atoms with Crippen LogP contribution in [-0.2, 0) is 9.59 Å². The van der Waals surface area contributed by atoms with Crippen molar-refractivity contribution in [1.29, 1.82) is 0 Å². The van der Waals surface area contributed by atoms with Gasteiger partial charge in [0.15, 0.2) is 0 Å². The normalized spacial score (nSPS) is 19.9. The van der Waals surface area contributed by atoms with Gasteiger partial charge in [-0.1, -0.05) is 6.92 Å². The minimum Gasteiger partial charge on any atom is -0.352 e. The van der Waals surface area contributed by atoms with Gasteiger partial charge in [0.25, 0.3) is 0 Å². The summed E-state index contributed by atoms with van der Waals surface area (Å²) in [5.41, 5.74) is 5.67. The summed E-state index contributed by atoms with van der Waals surface area (Å²) in [4.78, 5) is 25.5. The predicted molar refractivity (Wildman–Crippen MR) is 82.8 cm³/mol. The minimum atomic E-state index is 0. The van der Waals surface area contributed by atoms with Crippen LogP contribution in [0.25, 0.3) is 0 Å². The van der Waals surface area contributed by atoms with Crippen LogP contribution < -0.4 is 11.1 Å². The molecule has 0 aromatic carbocycles. The fourth-order valence-corrected chi connectivity index (χ4v) is 2.36. The number of amides is 2. The molecular weight excluding hydrogens is 278 g/mol. The Morgan fingerprint density at radius 2 is 2.10 bits per heavy atom. The third-order valence-electron chi connectivity index (χ3n) is 3.43. The number of nitrogens with one attached hydrogen (secondary N) is 1. The Balaban J connectivity index is 0.00000361. The van der Waals surface area contributed by atoms with Crippen LogP contribution in [0.3, 0.4) is 0 Å². The van der Waals surface area contributed by atoms with Gasteiger partial charge in [0.05, 0.1) is 0 Å². The van der Waals surface area contributed by atoms with E-state index >= 15 is 0 Å². The zero-order chi connectivity index (χ0) is 14.3. The van der Waals surface area contributed by atoms with Crippen LogP contribution in [0.2, 0.25) is 0 Å². The molecule has 1 rings (SSSR count). The zero-order valence-electron chi connectivity index (χ0n) is 12.6. The molecule has 1 saturated heterocycles. The molecule has 118 valence electrons. The lowest BCUT2D eigenvalue weighted by molar-refractivity contribution is -0.133. The van der Waals surface area contributed by atoms with Gasteiger partial charge in [-0.15, -0.1) is 12.4 Å². The summed E-state index contributed by atoms with van der Waals surface area (Å²) in [6, 6.07) is 0.181. The lowest BCUT2D eigenvalue weighted by Crippen LogP contribution is -2.49. The Morgan fingerprint density at radius 3 is 2.70 bits per heavy atom. The van der Waals surface area contributed by atoms with Crippen molar-refractivity contribution < 1.29 is 9.59 Å². The summed E-state index contributed by atoms with van der Waals surface area (Å²) >= 11 is 0. The average Bonchev–Trinajstić information content (AvgIpc) is 2.36. The van der Waals surface area contributed by atoms with E-state index in [-0.39, 0.29) is 36.3 Å². The minimum absolute atomic E-state index is 0. The van der Waals surface area contributed by atoms with Crippen molar-refractivity contribution in [2.45, 2.75) is 64.5 Å². The van der Waals surface area contributed by atoms with Crippen LogP contribution in [0.15, 0.2) is 0 Å². The Bertz CT molecular complexity index is 311. The second-order valence-corrected chi connectivity index (χ2v) is 5.51. The molecule has 1 aliphatic heterocycles. The van der Waals surface area contributed by atoms with E-state index in [1.54, 1.807) is 0 Å². The second kappa shape index (κ2) is 10.00. The number of likely N-dealkylation sites (tertiary alicyclic amines) is 1. The van der Waals surface area contributed by atoms with E-state index in [0.29, 0.717) is 19.4 Å². The number of carbonyl (C=O) groups is 2. The van der Waals surface area contributed by atoms with Gasteiger partial charge in [0.1, 0.15) is 0 Å². The fourth-order valence-electron chi connectivity index (χ4n) is 2.36. The number of rotatable bonds is 6. The average molecular weight is 306 g/mol. The highest BCUT2D eigenvalue weighted by Crippen LogP contribution is 2.12. The third kappa shape index (κ3) is 7.10. The molecule has 2 amide bonds. The topological polar surface area (TPSA) is 75.4 Å². The maximum absolute atomic E-state index is 12.0. The van der Waals surface area contributed by atoms with Crippen molar-refractivity contribution in [3.05, 3.63) is 0 Å². The van der Waals surface area contributed by atoms with Crippen LogP contribution in [0.1, 0.15) is 52.4 Å². The van der Waals surface area contributed by atoms with Crippen molar-refractivity contribution in [2.75, 3.05) is 13.1 Å². The highest BCUT2D eigenvalue weighted by Gasteiger charge is 2.24. The Hall–Kier alpha value is -0.810. The van der Waals surface area contributed by atoms with Gasteiger partial charge in [-0.2, -0.15) is 0 Å². The Kier molecular flexibility index (Phi) is 9.59. The summed E-state index contributed by atoms with van der Waals surface area (Å²) in [5, 5.41) is 3.01. The molecular formula is C14H28ClN3O2. The van der Waals surface area contributed by atoms with Crippen LogP contribution in [-0.4, -0.2) is 41.9 Å². The number of halogens is 1. The first kappa shape index (κ1) is 19.2. The van der Waals surface area contributed by atoms with Gasteiger partial charge in [-0.05, 0) is 32.6 Å². The van der Waals surface area contributed by atoms with Crippen molar-refractivity contribution in [3.63, 3.8) is 0 Å². The SMILES string of the molecule is CCCC(=O)NC1CCCN(C(=O)CCC(C)N)C1.Cl. The number of nitrogens with two attached hydrogens (primary N) is 1. The lowest BCUT2D eigenvalue weighted by Gasteiger charge is -2.33. The van der Waals surface area contributed by atoms with E-state index in [9.17, 15) is 9.59 Å². The smallest absolute Gasteiger partial charge is 0.222 e. The molecule has 0 aromatic heterocycles. The number of carbonyl (C=O) groups excluding carboxylic acids is 2. The molecule has 1 fully saturated rings. The lowest BCUT2D eigenvalue weighted by atomic mass is 10.0. The van der Waals surface area contributed by atoms with Gasteiger partial charge in [-0.25, -0.2) is 0 Å². The van der Waals surface area contributed by atoms with E-state index in [4.69, 9.17) is 5.73 Å². The molecule has 0 aliphatic carbocycles. The van der Waals surface area contributed by atoms with Gasteiger partial charge in [-0.3, -0.25) is 9.59 Å². The molecule has 5 nitrogen and oxygen atoms in total. The standard InChI is InChI=1S/C14H27N3O2.ClH/c1-3-5-13(18)16-12-6-4-9-17(10-12)14(19)8-7-11(2)15;/h11-12H,3-10,15H2,1-2H3,(H,16,18);1H. The van der Waals surface area contributed by atoms with E-state index < -0.39 is 0 Å². The molecule has 2 atom stereocenters. The molecule has 0 bridgehead atoms. The van der Waals surface area contributed by atoms with E-state index in [0.717, 1.165) is 32.2 Å². The highest BCUT2D eigenvalue weighted by atomic mass is 35.5. The third-order valence-corrected chi connectivity index (χ3v) is 3.43. The Labute approximate surface area is 128 Å². The number of hydrogen-bond donors (Lipinski definition) is 2. The van der Waals surface area contributed by atoms with E-state index in [2.05, 4.69) is 5.32 Å². The van der Waals surface area contributed by atoms with Gasteiger partial charge in [0, 0.05) is 38.0 Å². The molecule has 6 heteroatoms. The quantitative estimate of drug-likeness (QED) is 0.780. The van der Waals surface area contributed by atoms with E-state index in [1.165, 1.54) is 0 Å². The fraction of sp³-hybridized carbons (Fsp3) is 0.857. The summed E-state index contributed by atoms with van der Waals surface area (Å²) in [6.07, 6.45) is 4.58. The summed E-state index contributed by atoms with van der Waals surface area (Å²) < 4.78 is 0.